The summed E-state index contributed by atoms with van der Waals surface area (Å²) in [6, 6.07) is 5.30. The third-order valence-electron chi connectivity index (χ3n) is 3.60. The topological polar surface area (TPSA) is 65.1 Å². The minimum Gasteiger partial charge on any atom is -0.497 e. The van der Waals surface area contributed by atoms with E-state index in [9.17, 15) is 9.59 Å². The number of ether oxygens (including phenoxy) is 3. The quantitative estimate of drug-likeness (QED) is 0.768. The molecule has 130 valence electrons. The van der Waals surface area contributed by atoms with Crippen molar-refractivity contribution >= 4 is 23.7 Å². The van der Waals surface area contributed by atoms with Gasteiger partial charge in [-0.25, -0.2) is 9.59 Å². The summed E-state index contributed by atoms with van der Waals surface area (Å²) >= 11 is 0. The second-order valence-electron chi connectivity index (χ2n) is 4.94. The van der Waals surface area contributed by atoms with Crippen molar-refractivity contribution in [2.45, 2.75) is 0 Å². The highest BCUT2D eigenvalue weighted by Crippen LogP contribution is 2.32. The fourth-order valence-electron chi connectivity index (χ4n) is 2.39. The van der Waals surface area contributed by atoms with E-state index in [0.29, 0.717) is 11.4 Å². The van der Waals surface area contributed by atoms with Crippen LogP contribution in [0.3, 0.4) is 0 Å². The number of carbonyl (C=O) groups excluding carboxylic acids is 2. The summed E-state index contributed by atoms with van der Waals surface area (Å²) in [4.78, 5) is 26.1. The predicted octanol–water partition coefficient (Wildman–Crippen LogP) is 2.83. The number of anilines is 1. The maximum Gasteiger partial charge on any atom is 0.355 e. The van der Waals surface area contributed by atoms with Gasteiger partial charge in [-0.05, 0) is 30.4 Å². The zero-order valence-electron chi connectivity index (χ0n) is 14.3. The molecule has 0 radical (unpaired) electrons. The molecule has 0 spiro atoms. The average Bonchev–Trinajstić information content (AvgIpc) is 2.88. The van der Waals surface area contributed by atoms with Gasteiger partial charge in [-0.15, -0.1) is 0 Å². The molecular formula is C19H19NO5. The van der Waals surface area contributed by atoms with Crippen LogP contribution in [-0.2, 0) is 19.1 Å². The third kappa shape index (κ3) is 3.63. The number of benzene rings is 1. The Balaban J connectivity index is 2.71. The second kappa shape index (κ2) is 8.01. The van der Waals surface area contributed by atoms with Gasteiger partial charge in [0.05, 0.1) is 32.6 Å². The monoisotopic (exact) mass is 341 g/mol. The van der Waals surface area contributed by atoms with Crippen molar-refractivity contribution in [2.75, 3.05) is 26.2 Å². The van der Waals surface area contributed by atoms with Crippen molar-refractivity contribution in [1.82, 2.24) is 0 Å². The lowest BCUT2D eigenvalue weighted by Gasteiger charge is -2.25. The van der Waals surface area contributed by atoms with E-state index in [1.165, 1.54) is 20.3 Å². The molecular weight excluding hydrogens is 322 g/mol. The molecule has 1 heterocycles. The molecule has 1 aromatic rings. The lowest BCUT2D eigenvalue weighted by atomic mass is 10.1. The van der Waals surface area contributed by atoms with Gasteiger partial charge in [0.15, 0.2) is 0 Å². The third-order valence-corrected chi connectivity index (χ3v) is 3.60. The largest absolute Gasteiger partial charge is 0.497 e. The van der Waals surface area contributed by atoms with Gasteiger partial charge in [-0.3, -0.25) is 0 Å². The lowest BCUT2D eigenvalue weighted by Crippen LogP contribution is -2.27. The van der Waals surface area contributed by atoms with E-state index >= 15 is 0 Å². The van der Waals surface area contributed by atoms with Crippen LogP contribution in [0.4, 0.5) is 5.69 Å². The van der Waals surface area contributed by atoms with Crippen molar-refractivity contribution in [2.24, 2.45) is 0 Å². The van der Waals surface area contributed by atoms with Gasteiger partial charge in [0, 0.05) is 11.8 Å². The molecule has 0 N–H and O–H groups in total. The summed E-state index contributed by atoms with van der Waals surface area (Å²) in [5, 5.41) is 0. The molecule has 2 rings (SSSR count). The van der Waals surface area contributed by atoms with E-state index in [-0.39, 0.29) is 11.3 Å². The molecule has 0 atom stereocenters. The van der Waals surface area contributed by atoms with E-state index in [2.05, 4.69) is 6.58 Å². The van der Waals surface area contributed by atoms with Crippen LogP contribution in [0.25, 0.3) is 6.08 Å². The first-order chi connectivity index (χ1) is 12.1. The second-order valence-corrected chi connectivity index (χ2v) is 4.94. The van der Waals surface area contributed by atoms with Crippen molar-refractivity contribution < 1.29 is 23.8 Å². The molecule has 0 fully saturated rings. The van der Waals surface area contributed by atoms with Gasteiger partial charge in [-0.2, -0.15) is 0 Å². The number of allylic oxidation sites excluding steroid dienone is 2. The van der Waals surface area contributed by atoms with Gasteiger partial charge >= 0.3 is 11.9 Å². The van der Waals surface area contributed by atoms with Crippen LogP contribution in [0.1, 0.15) is 5.56 Å². The highest BCUT2D eigenvalue weighted by molar-refractivity contribution is 6.05. The van der Waals surface area contributed by atoms with Crippen LogP contribution in [-0.4, -0.2) is 33.3 Å². The summed E-state index contributed by atoms with van der Waals surface area (Å²) in [7, 11) is 4.07. The Morgan fingerprint density at radius 3 is 2.40 bits per heavy atom. The summed E-state index contributed by atoms with van der Waals surface area (Å²) in [5.41, 5.74) is 1.49. The molecule has 0 unspecified atom stereocenters. The van der Waals surface area contributed by atoms with Gasteiger partial charge in [0.2, 0.25) is 0 Å². The molecule has 0 aliphatic carbocycles. The molecule has 1 aliphatic rings. The number of esters is 2. The minimum atomic E-state index is -0.664. The highest BCUT2D eigenvalue weighted by atomic mass is 16.5. The number of methoxy groups -OCH3 is 3. The minimum absolute atomic E-state index is 0.0487. The molecule has 0 saturated heterocycles. The molecule has 0 saturated carbocycles. The zero-order valence-corrected chi connectivity index (χ0v) is 14.3. The Bertz CT molecular complexity index is 789. The molecule has 1 aromatic carbocycles. The Kier molecular flexibility index (Phi) is 5.79. The number of nitrogens with zero attached hydrogens (tertiary/aromatic N) is 1. The van der Waals surface area contributed by atoms with Gasteiger partial charge in [0.25, 0.3) is 0 Å². The van der Waals surface area contributed by atoms with E-state index in [4.69, 9.17) is 14.2 Å². The van der Waals surface area contributed by atoms with Crippen LogP contribution in [0.15, 0.2) is 60.5 Å². The van der Waals surface area contributed by atoms with E-state index in [1.54, 1.807) is 54.6 Å². The van der Waals surface area contributed by atoms with E-state index < -0.39 is 11.9 Å². The van der Waals surface area contributed by atoms with Crippen LogP contribution in [0.2, 0.25) is 0 Å². The molecule has 6 nitrogen and oxygen atoms in total. The van der Waals surface area contributed by atoms with E-state index in [1.807, 2.05) is 0 Å². The van der Waals surface area contributed by atoms with Crippen molar-refractivity contribution in [1.29, 1.82) is 0 Å². The standard InChI is InChI=1S/C19H19NO5/c1-5-13-12-14(23-2)9-10-16(13)20-11-7-6-8-15(18(21)24-3)17(20)19(22)25-4/h5-12H,1H2,2-4H3. The van der Waals surface area contributed by atoms with Crippen molar-refractivity contribution in [3.63, 3.8) is 0 Å². The lowest BCUT2D eigenvalue weighted by molar-refractivity contribution is -0.139. The molecule has 1 aliphatic heterocycles. The van der Waals surface area contributed by atoms with Gasteiger partial charge in [0.1, 0.15) is 11.4 Å². The Morgan fingerprint density at radius 2 is 1.80 bits per heavy atom. The van der Waals surface area contributed by atoms with Gasteiger partial charge < -0.3 is 19.1 Å². The molecule has 0 amide bonds. The predicted molar refractivity (Wildman–Crippen MR) is 94.9 cm³/mol. The van der Waals surface area contributed by atoms with Gasteiger partial charge in [-0.1, -0.05) is 18.7 Å². The Morgan fingerprint density at radius 1 is 1.08 bits per heavy atom. The molecule has 0 bridgehead atoms. The van der Waals surface area contributed by atoms with Crippen LogP contribution >= 0.6 is 0 Å². The number of hydrogen-bond donors (Lipinski definition) is 0. The average molecular weight is 341 g/mol. The number of carbonyl (C=O) groups is 2. The highest BCUT2D eigenvalue weighted by Gasteiger charge is 2.28. The first-order valence-electron chi connectivity index (χ1n) is 7.42. The summed E-state index contributed by atoms with van der Waals surface area (Å²) in [6.45, 7) is 3.80. The van der Waals surface area contributed by atoms with Crippen LogP contribution in [0, 0.1) is 0 Å². The van der Waals surface area contributed by atoms with Crippen LogP contribution < -0.4 is 9.64 Å². The molecule has 6 heteroatoms. The summed E-state index contributed by atoms with van der Waals surface area (Å²) in [6.07, 6.45) is 8.15. The van der Waals surface area contributed by atoms with Crippen LogP contribution in [0.5, 0.6) is 5.75 Å². The van der Waals surface area contributed by atoms with Crippen molar-refractivity contribution in [3.05, 3.63) is 66.0 Å². The number of rotatable bonds is 5. The zero-order chi connectivity index (χ0) is 18.4. The smallest absolute Gasteiger partial charge is 0.355 e. The first-order valence-corrected chi connectivity index (χ1v) is 7.42. The van der Waals surface area contributed by atoms with Crippen molar-refractivity contribution in [3.8, 4) is 5.75 Å². The molecule has 25 heavy (non-hydrogen) atoms. The Hall–Kier alpha value is -3.28. The normalized spacial score (nSPS) is 13.3. The van der Waals surface area contributed by atoms with E-state index in [0.717, 1.165) is 5.56 Å². The maximum atomic E-state index is 12.4. The summed E-state index contributed by atoms with van der Waals surface area (Å²) in [5.74, 6) is -0.659. The summed E-state index contributed by atoms with van der Waals surface area (Å²) < 4.78 is 14.9. The molecule has 0 aromatic heterocycles. The Labute approximate surface area is 146 Å². The fraction of sp³-hybridized carbons (Fsp3) is 0.158. The maximum absolute atomic E-state index is 12.4. The SMILES string of the molecule is C=Cc1cc(OC)ccc1N1C=CC=CC(C(=O)OC)=C1C(=O)OC. The first kappa shape index (κ1) is 18.1. The fourth-order valence-corrected chi connectivity index (χ4v) is 2.39. The number of hydrogen-bond acceptors (Lipinski definition) is 6.